The van der Waals surface area contributed by atoms with Crippen LogP contribution in [0.5, 0.6) is 5.06 Å². The van der Waals surface area contributed by atoms with Gasteiger partial charge in [-0.1, -0.05) is 11.3 Å². The third-order valence-electron chi connectivity index (χ3n) is 1.14. The molecule has 0 amide bonds. The summed E-state index contributed by atoms with van der Waals surface area (Å²) in [5.41, 5.74) is 1.85. The van der Waals surface area contributed by atoms with Gasteiger partial charge in [0.05, 0.1) is 18.2 Å². The SMILES string of the molecule is COc1scnc(=O)c1C. The maximum absolute atomic E-state index is 10.8. The average Bonchev–Trinajstić information content (AvgIpc) is 1.95. The van der Waals surface area contributed by atoms with Crippen LogP contribution in [0.4, 0.5) is 0 Å². The Bertz CT molecular complexity index is 281. The van der Waals surface area contributed by atoms with E-state index < -0.39 is 0 Å². The van der Waals surface area contributed by atoms with E-state index >= 15 is 0 Å². The second-order valence-corrected chi connectivity index (χ2v) is 2.59. The molecule has 0 saturated carbocycles. The normalized spacial score (nSPS) is 9.40. The van der Waals surface area contributed by atoms with Gasteiger partial charge >= 0.3 is 0 Å². The Morgan fingerprint density at radius 1 is 1.70 bits per heavy atom. The zero-order valence-corrected chi connectivity index (χ0v) is 6.57. The Balaban J connectivity index is 3.28. The van der Waals surface area contributed by atoms with Crippen LogP contribution in [0.25, 0.3) is 0 Å². The molecule has 1 aromatic heterocycles. The van der Waals surface area contributed by atoms with Crippen molar-refractivity contribution in [1.29, 1.82) is 0 Å². The molecule has 1 rings (SSSR count). The lowest BCUT2D eigenvalue weighted by molar-refractivity contribution is 0.422. The predicted octanol–water partition coefficient (Wildman–Crippen LogP) is 0.820. The molecule has 10 heavy (non-hydrogen) atoms. The largest absolute Gasteiger partial charge is 0.487 e. The third-order valence-corrected chi connectivity index (χ3v) is 2.04. The number of hydrogen-bond donors (Lipinski definition) is 0. The lowest BCUT2D eigenvalue weighted by Crippen LogP contribution is -2.07. The van der Waals surface area contributed by atoms with Crippen LogP contribution in [0.3, 0.4) is 0 Å². The zero-order chi connectivity index (χ0) is 7.56. The molecule has 0 aliphatic rings. The van der Waals surface area contributed by atoms with Gasteiger partial charge in [-0.15, -0.1) is 0 Å². The van der Waals surface area contributed by atoms with Gasteiger partial charge < -0.3 is 4.74 Å². The van der Waals surface area contributed by atoms with Gasteiger partial charge in [0, 0.05) is 0 Å². The van der Waals surface area contributed by atoms with Crippen LogP contribution in [0.1, 0.15) is 5.56 Å². The van der Waals surface area contributed by atoms with Crippen molar-refractivity contribution < 1.29 is 4.74 Å². The van der Waals surface area contributed by atoms with Crippen LogP contribution in [0.2, 0.25) is 0 Å². The molecule has 0 saturated heterocycles. The first-order valence-electron chi connectivity index (χ1n) is 2.74. The highest BCUT2D eigenvalue weighted by Gasteiger charge is 2.00. The van der Waals surface area contributed by atoms with E-state index in [1.54, 1.807) is 6.92 Å². The van der Waals surface area contributed by atoms with Gasteiger partial charge in [-0.25, -0.2) is 4.98 Å². The molecule has 0 unspecified atom stereocenters. The van der Waals surface area contributed by atoms with Crippen LogP contribution in [0, 0.1) is 6.92 Å². The van der Waals surface area contributed by atoms with Crippen molar-refractivity contribution in [1.82, 2.24) is 4.98 Å². The van der Waals surface area contributed by atoms with E-state index in [9.17, 15) is 4.79 Å². The van der Waals surface area contributed by atoms with Crippen molar-refractivity contribution in [3.05, 3.63) is 21.4 Å². The highest BCUT2D eigenvalue weighted by Crippen LogP contribution is 2.16. The number of aromatic nitrogens is 1. The molecular formula is C6H7NO2S. The molecule has 0 radical (unpaired) electrons. The Labute approximate surface area is 62.3 Å². The molecule has 4 heteroatoms. The topological polar surface area (TPSA) is 39.2 Å². The second-order valence-electron chi connectivity index (χ2n) is 1.77. The summed E-state index contributed by atoms with van der Waals surface area (Å²) >= 11 is 1.32. The Hall–Kier alpha value is -0.900. The van der Waals surface area contributed by atoms with E-state index in [0.717, 1.165) is 0 Å². The Kier molecular flexibility index (Phi) is 2.01. The maximum atomic E-state index is 10.8. The molecule has 0 aromatic carbocycles. The van der Waals surface area contributed by atoms with Crippen molar-refractivity contribution in [2.75, 3.05) is 7.11 Å². The minimum absolute atomic E-state index is 0.212. The number of ether oxygens (including phenoxy) is 1. The van der Waals surface area contributed by atoms with E-state index in [1.807, 2.05) is 0 Å². The molecule has 0 bridgehead atoms. The lowest BCUT2D eigenvalue weighted by Gasteiger charge is -1.97. The van der Waals surface area contributed by atoms with E-state index in [4.69, 9.17) is 4.74 Å². The zero-order valence-electron chi connectivity index (χ0n) is 5.75. The van der Waals surface area contributed by atoms with E-state index in [1.165, 1.54) is 24.0 Å². The molecule has 1 aromatic rings. The average molecular weight is 157 g/mol. The van der Waals surface area contributed by atoms with Crippen molar-refractivity contribution >= 4 is 11.3 Å². The van der Waals surface area contributed by atoms with Crippen LogP contribution in [-0.4, -0.2) is 12.1 Å². The smallest absolute Gasteiger partial charge is 0.277 e. The highest BCUT2D eigenvalue weighted by molar-refractivity contribution is 7.11. The summed E-state index contributed by atoms with van der Waals surface area (Å²) in [4.78, 5) is 14.4. The Morgan fingerprint density at radius 2 is 2.40 bits per heavy atom. The van der Waals surface area contributed by atoms with Crippen LogP contribution in [-0.2, 0) is 0 Å². The van der Waals surface area contributed by atoms with Gasteiger partial charge in [0.1, 0.15) is 0 Å². The summed E-state index contributed by atoms with van der Waals surface area (Å²) in [5, 5.41) is 0.639. The van der Waals surface area contributed by atoms with Gasteiger partial charge in [-0.05, 0) is 6.92 Å². The summed E-state index contributed by atoms with van der Waals surface area (Å²) in [7, 11) is 1.54. The minimum atomic E-state index is -0.212. The summed E-state index contributed by atoms with van der Waals surface area (Å²) in [6.45, 7) is 1.70. The quantitative estimate of drug-likeness (QED) is 0.605. The fourth-order valence-electron chi connectivity index (χ4n) is 0.596. The Morgan fingerprint density at radius 3 is 2.90 bits per heavy atom. The molecule has 0 aliphatic carbocycles. The second kappa shape index (κ2) is 2.79. The molecular weight excluding hydrogens is 150 g/mol. The third kappa shape index (κ3) is 1.16. The van der Waals surface area contributed by atoms with Gasteiger partial charge in [0.25, 0.3) is 5.56 Å². The summed E-state index contributed by atoms with van der Waals surface area (Å²) < 4.78 is 4.90. The van der Waals surface area contributed by atoms with Gasteiger partial charge in [0.2, 0.25) is 0 Å². The van der Waals surface area contributed by atoms with Gasteiger partial charge in [0.15, 0.2) is 5.06 Å². The lowest BCUT2D eigenvalue weighted by atomic mass is 10.4. The van der Waals surface area contributed by atoms with Crippen LogP contribution in [0.15, 0.2) is 10.3 Å². The number of nitrogens with zero attached hydrogens (tertiary/aromatic N) is 1. The predicted molar refractivity (Wildman–Crippen MR) is 39.7 cm³/mol. The molecule has 0 fully saturated rings. The minimum Gasteiger partial charge on any atom is -0.487 e. The molecule has 0 N–H and O–H groups in total. The van der Waals surface area contributed by atoms with Gasteiger partial charge in [-0.3, -0.25) is 4.79 Å². The van der Waals surface area contributed by atoms with Crippen molar-refractivity contribution in [3.63, 3.8) is 0 Å². The standard InChI is InChI=1S/C6H7NO2S/c1-4-5(8)7-3-10-6(4)9-2/h3H,1-2H3. The first-order valence-corrected chi connectivity index (χ1v) is 3.62. The molecule has 3 nitrogen and oxygen atoms in total. The van der Waals surface area contributed by atoms with Gasteiger partial charge in [-0.2, -0.15) is 0 Å². The summed E-state index contributed by atoms with van der Waals surface area (Å²) in [6, 6.07) is 0. The number of methoxy groups -OCH3 is 1. The fourth-order valence-corrected chi connectivity index (χ4v) is 1.20. The van der Waals surface area contributed by atoms with Crippen molar-refractivity contribution in [3.8, 4) is 5.06 Å². The van der Waals surface area contributed by atoms with Crippen LogP contribution < -0.4 is 10.3 Å². The molecule has 1 heterocycles. The first-order chi connectivity index (χ1) is 4.75. The van der Waals surface area contributed by atoms with E-state index in [0.29, 0.717) is 10.6 Å². The maximum Gasteiger partial charge on any atom is 0.277 e. The van der Waals surface area contributed by atoms with Crippen molar-refractivity contribution in [2.24, 2.45) is 0 Å². The van der Waals surface area contributed by atoms with E-state index in [2.05, 4.69) is 4.98 Å². The number of rotatable bonds is 1. The molecule has 54 valence electrons. The summed E-state index contributed by atoms with van der Waals surface area (Å²) in [6.07, 6.45) is 0. The molecule has 0 aliphatic heterocycles. The fraction of sp³-hybridized carbons (Fsp3) is 0.333. The van der Waals surface area contributed by atoms with Crippen LogP contribution >= 0.6 is 11.3 Å². The van der Waals surface area contributed by atoms with Crippen molar-refractivity contribution in [2.45, 2.75) is 6.92 Å². The highest BCUT2D eigenvalue weighted by atomic mass is 32.1. The monoisotopic (exact) mass is 157 g/mol. The first kappa shape index (κ1) is 7.21. The molecule has 0 atom stereocenters. The number of hydrogen-bond acceptors (Lipinski definition) is 4. The summed E-state index contributed by atoms with van der Waals surface area (Å²) in [5.74, 6) is 0. The molecule has 0 spiro atoms. The van der Waals surface area contributed by atoms with E-state index in [-0.39, 0.29) is 5.56 Å².